The molecule has 0 aromatic heterocycles. The third-order valence-electron chi connectivity index (χ3n) is 4.74. The summed E-state index contributed by atoms with van der Waals surface area (Å²) in [7, 11) is 1.54. The topological polar surface area (TPSA) is 69.6 Å². The van der Waals surface area contributed by atoms with E-state index in [0.717, 1.165) is 22.3 Å². The monoisotopic (exact) mass is 384 g/mol. The Hall–Kier alpha value is -2.79. The fourth-order valence-electron chi connectivity index (χ4n) is 3.00. The number of benzene rings is 2. The van der Waals surface area contributed by atoms with E-state index in [1.165, 1.54) is 4.90 Å². The minimum absolute atomic E-state index is 0.0934. The lowest BCUT2D eigenvalue weighted by molar-refractivity contribution is -0.126. The minimum Gasteiger partial charge on any atom is -0.503 e. The molecule has 1 aliphatic heterocycles. The normalized spacial score (nSPS) is 15.3. The summed E-state index contributed by atoms with van der Waals surface area (Å²) in [6.45, 7) is 3.91. The van der Waals surface area contributed by atoms with Crippen LogP contribution in [0.25, 0.3) is 11.1 Å². The van der Waals surface area contributed by atoms with Gasteiger partial charge in [0, 0.05) is 12.1 Å². The third kappa shape index (κ3) is 3.83. The van der Waals surface area contributed by atoms with Crippen LogP contribution < -0.4 is 5.32 Å². The molecule has 5 nitrogen and oxygen atoms in total. The molecule has 0 fully saturated rings. The highest BCUT2D eigenvalue weighted by atomic mass is 35.5. The zero-order valence-corrected chi connectivity index (χ0v) is 16.2. The molecule has 0 radical (unpaired) electrons. The largest absolute Gasteiger partial charge is 0.503 e. The quantitative estimate of drug-likeness (QED) is 0.842. The van der Waals surface area contributed by atoms with Crippen LogP contribution in [0.4, 0.5) is 0 Å². The summed E-state index contributed by atoms with van der Waals surface area (Å²) in [5.41, 5.74) is 4.01. The van der Waals surface area contributed by atoms with Crippen LogP contribution >= 0.6 is 11.6 Å². The first-order valence-corrected chi connectivity index (χ1v) is 9.00. The smallest absolute Gasteiger partial charge is 0.289 e. The van der Waals surface area contributed by atoms with Crippen molar-refractivity contribution in [2.24, 2.45) is 0 Å². The average molecular weight is 385 g/mol. The van der Waals surface area contributed by atoms with Gasteiger partial charge in [-0.1, -0.05) is 41.9 Å². The summed E-state index contributed by atoms with van der Waals surface area (Å²) in [5, 5.41) is 13.4. The van der Waals surface area contributed by atoms with E-state index < -0.39 is 17.6 Å². The molecule has 1 aliphatic rings. The molecule has 0 bridgehead atoms. The zero-order valence-electron chi connectivity index (χ0n) is 15.4. The number of carbonyl (C=O) groups excluding carboxylic acids is 2. The number of aliphatic hydroxyl groups is 1. The molecule has 2 aromatic carbocycles. The van der Waals surface area contributed by atoms with E-state index in [0.29, 0.717) is 5.02 Å². The van der Waals surface area contributed by atoms with Crippen LogP contribution in [0.5, 0.6) is 0 Å². The van der Waals surface area contributed by atoms with E-state index >= 15 is 0 Å². The van der Waals surface area contributed by atoms with Gasteiger partial charge in [0.15, 0.2) is 5.76 Å². The second kappa shape index (κ2) is 7.45. The molecule has 140 valence electrons. The second-order valence-electron chi connectivity index (χ2n) is 6.77. The van der Waals surface area contributed by atoms with E-state index in [-0.39, 0.29) is 18.2 Å². The van der Waals surface area contributed by atoms with Crippen LogP contribution in [0.3, 0.4) is 0 Å². The summed E-state index contributed by atoms with van der Waals surface area (Å²) in [6.07, 6.45) is 0. The highest BCUT2D eigenvalue weighted by molar-refractivity contribution is 6.31. The maximum atomic E-state index is 12.4. The van der Waals surface area contributed by atoms with Crippen molar-refractivity contribution in [1.82, 2.24) is 10.2 Å². The molecule has 2 N–H and O–H groups in total. The van der Waals surface area contributed by atoms with Crippen molar-refractivity contribution < 1.29 is 14.7 Å². The van der Waals surface area contributed by atoms with Gasteiger partial charge in [-0.2, -0.15) is 0 Å². The van der Waals surface area contributed by atoms with Gasteiger partial charge in [-0.25, -0.2) is 0 Å². The fraction of sp³-hybridized carbons (Fsp3) is 0.238. The Bertz CT molecular complexity index is 952. The van der Waals surface area contributed by atoms with Crippen LogP contribution in [0.15, 0.2) is 53.8 Å². The van der Waals surface area contributed by atoms with Crippen molar-refractivity contribution in [3.05, 3.63) is 69.9 Å². The maximum absolute atomic E-state index is 12.4. The minimum atomic E-state index is -0.536. The Morgan fingerprint density at radius 1 is 1.22 bits per heavy atom. The highest BCUT2D eigenvalue weighted by Gasteiger charge is 2.32. The van der Waals surface area contributed by atoms with Gasteiger partial charge in [-0.15, -0.1) is 0 Å². The van der Waals surface area contributed by atoms with Crippen molar-refractivity contribution >= 4 is 23.4 Å². The number of nitrogens with one attached hydrogen (secondary N) is 1. The number of aryl methyl sites for hydroxylation is 1. The van der Waals surface area contributed by atoms with Gasteiger partial charge in [0.05, 0.1) is 18.2 Å². The first-order valence-electron chi connectivity index (χ1n) is 8.63. The SMILES string of the molecule is Cc1ccc(-c2cccc([C@@H](C)NC(=O)C3=C(O)C(=O)N(C)C3)c2)cc1Cl. The van der Waals surface area contributed by atoms with Gasteiger partial charge in [0.25, 0.3) is 11.8 Å². The van der Waals surface area contributed by atoms with Gasteiger partial charge in [0.2, 0.25) is 0 Å². The zero-order chi connectivity index (χ0) is 19.7. The molecule has 2 amide bonds. The number of hydrogen-bond donors (Lipinski definition) is 2. The van der Waals surface area contributed by atoms with E-state index in [1.54, 1.807) is 7.05 Å². The van der Waals surface area contributed by atoms with Crippen LogP contribution in [-0.2, 0) is 9.59 Å². The molecule has 1 atom stereocenters. The van der Waals surface area contributed by atoms with Gasteiger partial charge in [0.1, 0.15) is 0 Å². The van der Waals surface area contributed by atoms with Gasteiger partial charge < -0.3 is 15.3 Å². The van der Waals surface area contributed by atoms with E-state index in [2.05, 4.69) is 5.32 Å². The van der Waals surface area contributed by atoms with Crippen molar-refractivity contribution in [3.63, 3.8) is 0 Å². The van der Waals surface area contributed by atoms with E-state index in [9.17, 15) is 14.7 Å². The molecule has 0 saturated carbocycles. The Morgan fingerprint density at radius 2 is 1.93 bits per heavy atom. The first-order chi connectivity index (χ1) is 12.8. The number of hydrogen-bond acceptors (Lipinski definition) is 3. The number of aliphatic hydroxyl groups excluding tert-OH is 1. The van der Waals surface area contributed by atoms with Crippen molar-refractivity contribution in [2.75, 3.05) is 13.6 Å². The third-order valence-corrected chi connectivity index (χ3v) is 5.15. The number of carbonyl (C=O) groups is 2. The Kier molecular flexibility index (Phi) is 5.24. The molecule has 0 saturated heterocycles. The van der Waals surface area contributed by atoms with Crippen LogP contribution in [-0.4, -0.2) is 35.4 Å². The predicted octanol–water partition coefficient (Wildman–Crippen LogP) is 3.78. The Morgan fingerprint density at radius 3 is 2.56 bits per heavy atom. The van der Waals surface area contributed by atoms with Crippen molar-refractivity contribution in [2.45, 2.75) is 19.9 Å². The molecule has 2 aromatic rings. The molecular weight excluding hydrogens is 364 g/mol. The highest BCUT2D eigenvalue weighted by Crippen LogP contribution is 2.27. The molecular formula is C21H21ClN2O3. The first kappa shape index (κ1) is 19.0. The summed E-state index contributed by atoms with van der Waals surface area (Å²) in [4.78, 5) is 25.4. The lowest BCUT2D eigenvalue weighted by Gasteiger charge is -2.16. The van der Waals surface area contributed by atoms with Gasteiger partial charge in [-0.3, -0.25) is 9.59 Å². The summed E-state index contributed by atoms with van der Waals surface area (Å²) in [5.74, 6) is -1.46. The van der Waals surface area contributed by atoms with Crippen LogP contribution in [0.1, 0.15) is 24.1 Å². The lowest BCUT2D eigenvalue weighted by atomic mass is 9.99. The van der Waals surface area contributed by atoms with Crippen LogP contribution in [0.2, 0.25) is 5.02 Å². The molecule has 0 unspecified atom stereocenters. The molecule has 0 aliphatic carbocycles. The number of rotatable bonds is 4. The maximum Gasteiger partial charge on any atom is 0.289 e. The van der Waals surface area contributed by atoms with Crippen molar-refractivity contribution in [3.8, 4) is 11.1 Å². The fourth-order valence-corrected chi connectivity index (χ4v) is 3.18. The molecule has 6 heteroatoms. The molecule has 1 heterocycles. The summed E-state index contributed by atoms with van der Waals surface area (Å²) >= 11 is 6.23. The Balaban J connectivity index is 1.80. The standard InChI is InChI=1S/C21H21ClN2O3/c1-12-7-8-16(10-18(12)22)15-6-4-5-14(9-15)13(2)23-20(26)17-11-24(3)21(27)19(17)25/h4-10,13,25H,11H2,1-3H3,(H,23,26)/t13-/m1/s1. The summed E-state index contributed by atoms with van der Waals surface area (Å²) < 4.78 is 0. The Labute approximate surface area is 163 Å². The number of nitrogens with zero attached hydrogens (tertiary/aromatic N) is 1. The molecule has 0 spiro atoms. The molecule has 3 rings (SSSR count). The number of amides is 2. The number of likely N-dealkylation sites (N-methyl/N-ethyl adjacent to an activating group) is 1. The number of halogens is 1. The van der Waals surface area contributed by atoms with Gasteiger partial charge in [-0.05, 0) is 48.2 Å². The lowest BCUT2D eigenvalue weighted by Crippen LogP contribution is -2.30. The van der Waals surface area contributed by atoms with Gasteiger partial charge >= 0.3 is 0 Å². The predicted molar refractivity (Wildman–Crippen MR) is 105 cm³/mol. The summed E-state index contributed by atoms with van der Waals surface area (Å²) in [6, 6.07) is 13.4. The van der Waals surface area contributed by atoms with E-state index in [4.69, 9.17) is 11.6 Å². The second-order valence-corrected chi connectivity index (χ2v) is 7.18. The van der Waals surface area contributed by atoms with Crippen LogP contribution in [0, 0.1) is 6.92 Å². The van der Waals surface area contributed by atoms with Crippen molar-refractivity contribution in [1.29, 1.82) is 0 Å². The average Bonchev–Trinajstić information content (AvgIpc) is 2.91. The van der Waals surface area contributed by atoms with E-state index in [1.807, 2.05) is 56.3 Å². The molecule has 27 heavy (non-hydrogen) atoms.